The van der Waals surface area contributed by atoms with Gasteiger partial charge in [0.2, 0.25) is 11.8 Å². The number of carbonyl (C=O) groups is 2. The molecule has 0 saturated carbocycles. The van der Waals surface area contributed by atoms with Gasteiger partial charge in [-0.05, 0) is 39.0 Å². The first-order chi connectivity index (χ1) is 7.13. The van der Waals surface area contributed by atoms with Crippen LogP contribution in [-0.4, -0.2) is 11.8 Å². The highest BCUT2D eigenvalue weighted by Crippen LogP contribution is 2.39. The minimum absolute atomic E-state index is 0.105. The topological polar surface area (TPSA) is 46.2 Å². The summed E-state index contributed by atoms with van der Waals surface area (Å²) in [6, 6.07) is 0. The van der Waals surface area contributed by atoms with Gasteiger partial charge < -0.3 is 0 Å². The van der Waals surface area contributed by atoms with Crippen LogP contribution in [0, 0.1) is 5.41 Å². The molecule has 1 aliphatic heterocycles. The summed E-state index contributed by atoms with van der Waals surface area (Å²) >= 11 is 0. The molecular formula is C12H17NO2. The second-order valence-corrected chi connectivity index (χ2v) is 4.68. The second kappa shape index (κ2) is 3.80. The van der Waals surface area contributed by atoms with Crippen LogP contribution < -0.4 is 5.32 Å². The molecule has 0 spiro atoms. The van der Waals surface area contributed by atoms with Crippen molar-refractivity contribution in [3.05, 3.63) is 11.6 Å². The van der Waals surface area contributed by atoms with E-state index >= 15 is 0 Å². The molecule has 1 N–H and O–H groups in total. The van der Waals surface area contributed by atoms with Gasteiger partial charge in [-0.25, -0.2) is 0 Å². The number of carbonyl (C=O) groups excluding carboxylic acids is 2. The highest BCUT2D eigenvalue weighted by molar-refractivity contribution is 6.01. The average Bonchev–Trinajstić information content (AvgIpc) is 2.25. The number of imide groups is 1. The minimum atomic E-state index is -0.422. The number of hydrogen-bond donors (Lipinski definition) is 1. The van der Waals surface area contributed by atoms with Gasteiger partial charge in [-0.1, -0.05) is 11.6 Å². The smallest absolute Gasteiger partial charge is 0.236 e. The molecule has 0 aromatic heterocycles. The van der Waals surface area contributed by atoms with Gasteiger partial charge in [0, 0.05) is 6.42 Å². The van der Waals surface area contributed by atoms with Gasteiger partial charge in [0.05, 0.1) is 5.41 Å². The Kier molecular flexibility index (Phi) is 2.63. The van der Waals surface area contributed by atoms with Gasteiger partial charge in [0.15, 0.2) is 0 Å². The molecule has 0 radical (unpaired) electrons. The molecule has 1 atom stereocenters. The van der Waals surface area contributed by atoms with Gasteiger partial charge in [-0.15, -0.1) is 0 Å². The van der Waals surface area contributed by atoms with Crippen molar-refractivity contribution in [1.82, 2.24) is 5.32 Å². The van der Waals surface area contributed by atoms with Crippen molar-refractivity contribution < 1.29 is 9.59 Å². The summed E-state index contributed by atoms with van der Waals surface area (Å²) in [5, 5.41) is 2.45. The maximum atomic E-state index is 11.9. The highest BCUT2D eigenvalue weighted by atomic mass is 16.2. The van der Waals surface area contributed by atoms with Crippen molar-refractivity contribution >= 4 is 11.8 Å². The SMILES string of the molecule is C[C@@]1(C2=CCCCC2)CCC(=O)NC1=O. The summed E-state index contributed by atoms with van der Waals surface area (Å²) in [6.07, 6.45) is 7.81. The summed E-state index contributed by atoms with van der Waals surface area (Å²) in [5.41, 5.74) is 0.813. The molecule has 0 bridgehead atoms. The molecule has 2 aliphatic rings. The number of amides is 2. The van der Waals surface area contributed by atoms with Crippen molar-refractivity contribution in [3.63, 3.8) is 0 Å². The van der Waals surface area contributed by atoms with Crippen molar-refractivity contribution in [2.75, 3.05) is 0 Å². The van der Waals surface area contributed by atoms with E-state index in [0.717, 1.165) is 12.8 Å². The van der Waals surface area contributed by atoms with Crippen LogP contribution in [0.4, 0.5) is 0 Å². The Morgan fingerprint density at radius 2 is 2.07 bits per heavy atom. The fourth-order valence-electron chi connectivity index (χ4n) is 2.45. The molecule has 1 aliphatic carbocycles. The van der Waals surface area contributed by atoms with E-state index < -0.39 is 5.41 Å². The molecule has 2 amide bonds. The van der Waals surface area contributed by atoms with Crippen molar-refractivity contribution in [3.8, 4) is 0 Å². The molecule has 2 rings (SSSR count). The van der Waals surface area contributed by atoms with Crippen LogP contribution in [0.1, 0.15) is 45.4 Å². The maximum Gasteiger partial charge on any atom is 0.236 e. The summed E-state index contributed by atoms with van der Waals surface area (Å²) in [6.45, 7) is 1.96. The molecule has 1 fully saturated rings. The summed E-state index contributed by atoms with van der Waals surface area (Å²) in [5.74, 6) is -0.235. The van der Waals surface area contributed by atoms with Crippen molar-refractivity contribution in [1.29, 1.82) is 0 Å². The van der Waals surface area contributed by atoms with Crippen molar-refractivity contribution in [2.45, 2.75) is 45.4 Å². The first-order valence-electron chi connectivity index (χ1n) is 5.67. The molecule has 15 heavy (non-hydrogen) atoms. The molecule has 0 aromatic rings. The van der Waals surface area contributed by atoms with Gasteiger partial charge in [-0.2, -0.15) is 0 Å². The van der Waals surface area contributed by atoms with Crippen molar-refractivity contribution in [2.24, 2.45) is 5.41 Å². The Labute approximate surface area is 89.9 Å². The number of nitrogens with one attached hydrogen (secondary N) is 1. The van der Waals surface area contributed by atoms with Gasteiger partial charge in [-0.3, -0.25) is 14.9 Å². The Morgan fingerprint density at radius 1 is 1.27 bits per heavy atom. The zero-order chi connectivity index (χ0) is 10.9. The zero-order valence-electron chi connectivity index (χ0n) is 9.14. The molecule has 3 nitrogen and oxygen atoms in total. The third-order valence-electron chi connectivity index (χ3n) is 3.61. The first kappa shape index (κ1) is 10.4. The standard InChI is InChI=1S/C12H17NO2/c1-12(9-5-3-2-4-6-9)8-7-10(14)13-11(12)15/h5H,2-4,6-8H2,1H3,(H,13,14,15)/t12-/m0/s1. The lowest BCUT2D eigenvalue weighted by atomic mass is 9.72. The van der Waals surface area contributed by atoms with Crippen LogP contribution in [0.3, 0.4) is 0 Å². The lowest BCUT2D eigenvalue weighted by Gasteiger charge is -2.35. The largest absolute Gasteiger partial charge is 0.296 e. The Morgan fingerprint density at radius 3 is 2.67 bits per heavy atom. The Hall–Kier alpha value is -1.12. The van der Waals surface area contributed by atoms with E-state index in [1.54, 1.807) is 0 Å². The van der Waals surface area contributed by atoms with Crippen LogP contribution in [0.5, 0.6) is 0 Å². The minimum Gasteiger partial charge on any atom is -0.296 e. The number of piperidine rings is 1. The van der Waals surface area contributed by atoms with E-state index in [9.17, 15) is 9.59 Å². The fraction of sp³-hybridized carbons (Fsp3) is 0.667. The molecule has 1 heterocycles. The maximum absolute atomic E-state index is 11.9. The molecule has 0 aromatic carbocycles. The van der Waals surface area contributed by atoms with E-state index in [1.165, 1.54) is 18.4 Å². The van der Waals surface area contributed by atoms with E-state index in [1.807, 2.05) is 6.92 Å². The normalized spacial score (nSPS) is 32.2. The van der Waals surface area contributed by atoms with E-state index in [4.69, 9.17) is 0 Å². The summed E-state index contributed by atoms with van der Waals surface area (Å²) < 4.78 is 0. The van der Waals surface area contributed by atoms with E-state index in [2.05, 4.69) is 11.4 Å². The predicted octanol–water partition coefficient (Wildman–Crippen LogP) is 1.93. The first-order valence-corrected chi connectivity index (χ1v) is 5.67. The van der Waals surface area contributed by atoms with Crippen LogP contribution >= 0.6 is 0 Å². The molecular weight excluding hydrogens is 190 g/mol. The number of allylic oxidation sites excluding steroid dienone is 1. The average molecular weight is 207 g/mol. The Balaban J connectivity index is 2.21. The molecule has 1 saturated heterocycles. The number of rotatable bonds is 1. The Bertz CT molecular complexity index is 333. The summed E-state index contributed by atoms with van der Waals surface area (Å²) in [4.78, 5) is 22.9. The monoisotopic (exact) mass is 207 g/mol. The van der Waals surface area contributed by atoms with Crippen LogP contribution in [0.25, 0.3) is 0 Å². The third-order valence-corrected chi connectivity index (χ3v) is 3.61. The highest BCUT2D eigenvalue weighted by Gasteiger charge is 2.41. The van der Waals surface area contributed by atoms with Gasteiger partial charge in [0.25, 0.3) is 0 Å². The lowest BCUT2D eigenvalue weighted by Crippen LogP contribution is -2.48. The van der Waals surface area contributed by atoms with Crippen LogP contribution in [0.15, 0.2) is 11.6 Å². The van der Waals surface area contributed by atoms with E-state index in [0.29, 0.717) is 12.8 Å². The van der Waals surface area contributed by atoms with Crippen LogP contribution in [-0.2, 0) is 9.59 Å². The van der Waals surface area contributed by atoms with Gasteiger partial charge >= 0.3 is 0 Å². The number of hydrogen-bond acceptors (Lipinski definition) is 2. The third kappa shape index (κ3) is 1.83. The summed E-state index contributed by atoms with van der Waals surface area (Å²) in [7, 11) is 0. The lowest BCUT2D eigenvalue weighted by molar-refractivity contribution is -0.139. The molecule has 0 unspecified atom stereocenters. The predicted molar refractivity (Wildman–Crippen MR) is 57.0 cm³/mol. The van der Waals surface area contributed by atoms with E-state index in [-0.39, 0.29) is 11.8 Å². The molecule has 82 valence electrons. The van der Waals surface area contributed by atoms with Gasteiger partial charge in [0.1, 0.15) is 0 Å². The zero-order valence-corrected chi connectivity index (χ0v) is 9.14. The molecule has 3 heteroatoms. The second-order valence-electron chi connectivity index (χ2n) is 4.68. The quantitative estimate of drug-likeness (QED) is 0.527. The fourth-order valence-corrected chi connectivity index (χ4v) is 2.45. The van der Waals surface area contributed by atoms with Crippen LogP contribution in [0.2, 0.25) is 0 Å².